The van der Waals surface area contributed by atoms with E-state index in [1.165, 1.54) is 17.0 Å². The van der Waals surface area contributed by atoms with E-state index in [2.05, 4.69) is 5.32 Å². The molecule has 0 saturated heterocycles. The second-order valence-electron chi connectivity index (χ2n) is 9.41. The number of ether oxygens (including phenoxy) is 2. The Kier molecular flexibility index (Phi) is 6.66. The van der Waals surface area contributed by atoms with Crippen LogP contribution in [-0.4, -0.2) is 30.4 Å². The highest BCUT2D eigenvalue weighted by atomic mass is 19.4. The Morgan fingerprint density at radius 1 is 0.878 bits per heavy atom. The zero-order valence-electron chi connectivity index (χ0n) is 21.4. The first-order valence-electron chi connectivity index (χ1n) is 12.7. The Morgan fingerprint density at radius 2 is 1.63 bits per heavy atom. The van der Waals surface area contributed by atoms with Crippen LogP contribution in [0.5, 0.6) is 11.5 Å². The van der Waals surface area contributed by atoms with Gasteiger partial charge in [0, 0.05) is 17.7 Å². The van der Waals surface area contributed by atoms with Gasteiger partial charge < -0.3 is 14.8 Å². The molecule has 0 bridgehead atoms. The van der Waals surface area contributed by atoms with E-state index in [9.17, 15) is 22.8 Å². The topological polar surface area (TPSA) is 80.2 Å². The van der Waals surface area contributed by atoms with Gasteiger partial charge in [0.15, 0.2) is 17.5 Å². The molecule has 2 aliphatic rings. The van der Waals surface area contributed by atoms with Gasteiger partial charge in [-0.05, 0) is 54.1 Å². The number of hydrogen-bond acceptors (Lipinski definition) is 5. The van der Waals surface area contributed by atoms with E-state index in [0.717, 1.165) is 17.7 Å². The van der Waals surface area contributed by atoms with Gasteiger partial charge in [0.05, 0.1) is 22.6 Å². The minimum Gasteiger partial charge on any atom is -0.454 e. The molecule has 0 aromatic heterocycles. The maximum atomic E-state index is 14.1. The fourth-order valence-electron chi connectivity index (χ4n) is 4.81. The highest BCUT2D eigenvalue weighted by molar-refractivity contribution is 6.27. The lowest BCUT2D eigenvalue weighted by Crippen LogP contribution is -2.55. The summed E-state index contributed by atoms with van der Waals surface area (Å²) in [6.07, 6.45) is -4.65. The number of hydrogen-bond donors (Lipinski definition) is 1. The highest BCUT2D eigenvalue weighted by Crippen LogP contribution is 2.40. The number of fused-ring (bicyclic) bond motifs is 2. The maximum Gasteiger partial charge on any atom is 0.416 e. The Hall–Kier alpha value is -5.12. The molecule has 10 heteroatoms. The number of benzene rings is 4. The van der Waals surface area contributed by atoms with Crippen LogP contribution in [0.25, 0.3) is 0 Å². The zero-order valence-corrected chi connectivity index (χ0v) is 21.4. The van der Waals surface area contributed by atoms with Crippen molar-refractivity contribution in [3.8, 4) is 11.5 Å². The molecular weight excluding hydrogens is 535 g/mol. The molecule has 7 nitrogen and oxygen atoms in total. The summed E-state index contributed by atoms with van der Waals surface area (Å²) in [7, 11) is 0. The first-order chi connectivity index (χ1) is 19.8. The first-order valence-corrected chi connectivity index (χ1v) is 12.7. The van der Waals surface area contributed by atoms with Crippen LogP contribution in [0.4, 0.5) is 24.5 Å². The van der Waals surface area contributed by atoms with E-state index < -0.39 is 29.6 Å². The molecule has 0 saturated carbocycles. The third-order valence-corrected chi connectivity index (χ3v) is 6.78. The lowest BCUT2D eigenvalue weighted by Gasteiger charge is -2.36. The number of carbonyl (C=O) groups excluding carboxylic acids is 2. The minimum atomic E-state index is -4.65. The van der Waals surface area contributed by atoms with Crippen LogP contribution in [0.15, 0.2) is 102 Å². The second kappa shape index (κ2) is 10.5. The van der Waals surface area contributed by atoms with Crippen molar-refractivity contribution in [2.75, 3.05) is 11.7 Å². The molecule has 1 atom stereocenters. The number of alkyl halides is 3. The molecular formula is C31H22F3N3O4. The fourth-order valence-corrected chi connectivity index (χ4v) is 4.81. The normalized spacial score (nSPS) is 15.6. The van der Waals surface area contributed by atoms with Gasteiger partial charge in [-0.1, -0.05) is 48.5 Å². The number of aliphatic imine (C=N–C) groups is 1. The number of rotatable bonds is 5. The smallest absolute Gasteiger partial charge is 0.416 e. The van der Waals surface area contributed by atoms with Crippen molar-refractivity contribution in [3.63, 3.8) is 0 Å². The van der Waals surface area contributed by atoms with Gasteiger partial charge in [0.25, 0.3) is 5.91 Å². The summed E-state index contributed by atoms with van der Waals surface area (Å²) >= 11 is 0. The third-order valence-electron chi connectivity index (χ3n) is 6.78. The Morgan fingerprint density at radius 3 is 2.44 bits per heavy atom. The molecule has 4 aromatic carbocycles. The molecule has 1 N–H and O–H groups in total. The van der Waals surface area contributed by atoms with Crippen LogP contribution in [0.1, 0.15) is 27.0 Å². The Bertz CT molecular complexity index is 1670. The molecule has 41 heavy (non-hydrogen) atoms. The number of amides is 2. The van der Waals surface area contributed by atoms with E-state index in [1.807, 2.05) is 30.3 Å². The van der Waals surface area contributed by atoms with E-state index in [-0.39, 0.29) is 24.6 Å². The van der Waals surface area contributed by atoms with Gasteiger partial charge in [-0.25, -0.2) is 4.99 Å². The summed E-state index contributed by atoms with van der Waals surface area (Å²) < 4.78 is 51.6. The van der Waals surface area contributed by atoms with Crippen molar-refractivity contribution in [3.05, 3.63) is 119 Å². The van der Waals surface area contributed by atoms with Crippen LogP contribution in [0.3, 0.4) is 0 Å². The van der Waals surface area contributed by atoms with Crippen LogP contribution in [0, 0.1) is 0 Å². The number of para-hydroxylation sites is 2. The summed E-state index contributed by atoms with van der Waals surface area (Å²) in [4.78, 5) is 34.0. The number of nitrogens with one attached hydrogen (secondary N) is 1. The third kappa shape index (κ3) is 5.11. The first kappa shape index (κ1) is 26.1. The molecule has 6 rings (SSSR count). The second-order valence-corrected chi connectivity index (χ2v) is 9.41. The van der Waals surface area contributed by atoms with E-state index in [0.29, 0.717) is 28.4 Å². The lowest BCUT2D eigenvalue weighted by molar-refractivity contribution is -0.137. The number of nitrogens with zero attached hydrogens (tertiary/aromatic N) is 2. The van der Waals surface area contributed by atoms with Crippen molar-refractivity contribution in [1.82, 2.24) is 5.32 Å². The van der Waals surface area contributed by atoms with Crippen molar-refractivity contribution in [2.45, 2.75) is 18.8 Å². The number of carbonyl (C=O) groups is 2. The monoisotopic (exact) mass is 557 g/mol. The molecule has 0 radical (unpaired) electrons. The number of anilines is 1. The maximum absolute atomic E-state index is 14.1. The molecule has 0 spiro atoms. The SMILES string of the molecule is O=C(NCc1ccccc1)C1C(c2ccc3c(c2)OCO3)=Nc2ccccc2N1C(=O)c1cccc(C(F)(F)F)c1. The molecule has 2 amide bonds. The van der Waals surface area contributed by atoms with E-state index >= 15 is 0 Å². The number of halogens is 3. The predicted octanol–water partition coefficient (Wildman–Crippen LogP) is 5.90. The van der Waals surface area contributed by atoms with Gasteiger partial charge in [-0.2, -0.15) is 13.2 Å². The molecule has 0 fully saturated rings. The van der Waals surface area contributed by atoms with Crippen molar-refractivity contribution in [1.29, 1.82) is 0 Å². The van der Waals surface area contributed by atoms with Crippen LogP contribution < -0.4 is 19.7 Å². The Balaban J connectivity index is 1.47. The summed E-state index contributed by atoms with van der Waals surface area (Å²) in [6, 6.07) is 23.8. The summed E-state index contributed by atoms with van der Waals surface area (Å²) in [5.74, 6) is -0.368. The van der Waals surface area contributed by atoms with Gasteiger partial charge in [-0.15, -0.1) is 0 Å². The van der Waals surface area contributed by atoms with E-state index in [1.54, 1.807) is 42.5 Å². The minimum absolute atomic E-state index is 0.0369. The van der Waals surface area contributed by atoms with Crippen molar-refractivity contribution < 1.29 is 32.2 Å². The fraction of sp³-hybridized carbons (Fsp3) is 0.129. The van der Waals surface area contributed by atoms with Crippen LogP contribution in [-0.2, 0) is 17.5 Å². The van der Waals surface area contributed by atoms with Gasteiger partial charge in [-0.3, -0.25) is 14.5 Å². The highest BCUT2D eigenvalue weighted by Gasteiger charge is 2.41. The molecule has 1 unspecified atom stereocenters. The van der Waals surface area contributed by atoms with Crippen LogP contribution >= 0.6 is 0 Å². The van der Waals surface area contributed by atoms with Crippen molar-refractivity contribution in [2.24, 2.45) is 4.99 Å². The summed E-state index contributed by atoms with van der Waals surface area (Å²) in [5.41, 5.74) is 1.03. The molecule has 206 valence electrons. The molecule has 2 aliphatic heterocycles. The largest absolute Gasteiger partial charge is 0.454 e. The summed E-state index contributed by atoms with van der Waals surface area (Å²) in [5, 5.41) is 2.87. The Labute approximate surface area is 232 Å². The average molecular weight is 558 g/mol. The summed E-state index contributed by atoms with van der Waals surface area (Å²) in [6.45, 7) is 0.201. The molecule has 4 aromatic rings. The lowest BCUT2D eigenvalue weighted by atomic mass is 9.95. The van der Waals surface area contributed by atoms with Crippen LogP contribution in [0.2, 0.25) is 0 Å². The molecule has 0 aliphatic carbocycles. The zero-order chi connectivity index (χ0) is 28.6. The average Bonchev–Trinajstić information content (AvgIpc) is 3.47. The predicted molar refractivity (Wildman–Crippen MR) is 146 cm³/mol. The van der Waals surface area contributed by atoms with Gasteiger partial charge >= 0.3 is 6.18 Å². The van der Waals surface area contributed by atoms with E-state index in [4.69, 9.17) is 14.5 Å². The molecule has 2 heterocycles. The standard InChI is InChI=1S/C31H22F3N3O4/c32-31(33,34)22-10-6-9-21(15-22)30(39)37-24-12-5-4-11-23(24)36-27(20-13-14-25-26(16-20)41-18-40-25)28(37)29(38)35-17-19-7-2-1-3-8-19/h1-16,28H,17-18H2,(H,35,38). The van der Waals surface area contributed by atoms with Crippen molar-refractivity contribution >= 4 is 28.9 Å². The van der Waals surface area contributed by atoms with Gasteiger partial charge in [0.2, 0.25) is 12.7 Å². The quantitative estimate of drug-likeness (QED) is 0.331. The van der Waals surface area contributed by atoms with Gasteiger partial charge in [0.1, 0.15) is 0 Å².